The third-order valence-corrected chi connectivity index (χ3v) is 14.2. The smallest absolute Gasteiger partial charge is 0.0625 e. The van der Waals surface area contributed by atoms with E-state index in [1.54, 1.807) is 0 Å². The second-order valence-corrected chi connectivity index (χ2v) is 16.0. The fourth-order valence-electron chi connectivity index (χ4n) is 2.92. The first-order valence-corrected chi connectivity index (χ1v) is 12.8. The summed E-state index contributed by atoms with van der Waals surface area (Å²) < 4.78 is 0. The molecule has 0 aromatic heterocycles. The summed E-state index contributed by atoms with van der Waals surface area (Å²) in [6, 6.07) is 33.2. The van der Waals surface area contributed by atoms with E-state index in [0.29, 0.717) is 0 Å². The number of hydrogen-bond donors (Lipinski definition) is 0. The first kappa shape index (κ1) is 15.2. The zero-order valence-corrected chi connectivity index (χ0v) is 15.0. The number of benzene rings is 3. The summed E-state index contributed by atoms with van der Waals surface area (Å²) in [5.41, 5.74) is 0. The molecule has 0 heterocycles. The molecule has 110 valence electrons. The van der Waals surface area contributed by atoms with Crippen molar-refractivity contribution in [3.8, 4) is 0 Å². The molecule has 0 aliphatic rings. The van der Waals surface area contributed by atoms with E-state index in [-0.39, 0.29) is 7.47 Å². The van der Waals surface area contributed by atoms with Crippen molar-refractivity contribution in [1.29, 1.82) is 0 Å². The third kappa shape index (κ3) is 3.06. The normalized spacial score (nSPS) is 11.6. The van der Waals surface area contributed by atoms with Crippen molar-refractivity contribution in [3.63, 3.8) is 0 Å². The summed E-state index contributed by atoms with van der Waals surface area (Å²) in [6.07, 6.45) is 0. The first-order valence-electron chi connectivity index (χ1n) is 7.65. The van der Waals surface area contributed by atoms with Gasteiger partial charge in [-0.05, 0) is 10.6 Å². The molecule has 0 N–H and O–H groups in total. The monoisotopic (exact) mass is 320 g/mol. The quantitative estimate of drug-likeness (QED) is 0.498. The highest BCUT2D eigenvalue weighted by atomic mass is 31.4. The van der Waals surface area contributed by atoms with Crippen LogP contribution in [-0.2, 0) is 0 Å². The predicted octanol–water partition coefficient (Wildman–Crippen LogP) is 4.23. The molecular weight excluding hydrogens is 299 g/mol. The van der Waals surface area contributed by atoms with E-state index < -0.39 is 7.74 Å². The molecule has 0 amide bonds. The lowest BCUT2D eigenvalue weighted by Gasteiger charge is -2.34. The van der Waals surface area contributed by atoms with E-state index >= 15 is 0 Å². The van der Waals surface area contributed by atoms with Gasteiger partial charge in [0.15, 0.2) is 0 Å². The highest BCUT2D eigenvalue weighted by molar-refractivity contribution is 8.06. The van der Waals surface area contributed by atoms with Crippen LogP contribution >= 0.6 is 7.47 Å². The fraction of sp³-hybridized carbons (Fsp3) is 0.100. The molecule has 22 heavy (non-hydrogen) atoms. The molecule has 0 saturated heterocycles. The van der Waals surface area contributed by atoms with Crippen molar-refractivity contribution >= 4 is 31.0 Å². The van der Waals surface area contributed by atoms with Crippen LogP contribution in [0.3, 0.4) is 0 Å². The summed E-state index contributed by atoms with van der Waals surface area (Å²) >= 11 is 0. The molecule has 0 aliphatic heterocycles. The lowest BCUT2D eigenvalue weighted by molar-refractivity contribution is 1.72. The average molecular weight is 320 g/mol. The first-order chi connectivity index (χ1) is 10.7. The van der Waals surface area contributed by atoms with Crippen LogP contribution in [0.5, 0.6) is 0 Å². The van der Waals surface area contributed by atoms with Crippen molar-refractivity contribution in [2.75, 3.05) is 0 Å². The number of hydrogen-bond acceptors (Lipinski definition) is 0. The van der Waals surface area contributed by atoms with Crippen molar-refractivity contribution < 1.29 is 0 Å². The Labute approximate surface area is 135 Å². The molecule has 0 bridgehead atoms. The van der Waals surface area contributed by atoms with Gasteiger partial charge in [0.05, 0.1) is 0 Å². The van der Waals surface area contributed by atoms with Crippen LogP contribution < -0.4 is 15.8 Å². The van der Waals surface area contributed by atoms with Gasteiger partial charge in [-0.3, -0.25) is 0 Å². The molecule has 3 rings (SSSR count). The lowest BCUT2D eigenvalue weighted by atomic mass is 10.4. The van der Waals surface area contributed by atoms with E-state index in [4.69, 9.17) is 0 Å². The summed E-state index contributed by atoms with van der Waals surface area (Å²) in [6.45, 7) is 5.02. The Bertz CT molecular complexity index is 669. The lowest BCUT2D eigenvalue weighted by Crippen LogP contribution is -2.45. The Morgan fingerprint density at radius 3 is 1.32 bits per heavy atom. The summed E-state index contributed by atoms with van der Waals surface area (Å²) in [4.78, 5) is 0. The molecule has 3 aromatic rings. The maximum atomic E-state index is 2.51. The topological polar surface area (TPSA) is 0 Å². The van der Waals surface area contributed by atoms with Crippen LogP contribution in [0.4, 0.5) is 0 Å². The second-order valence-electron chi connectivity index (χ2n) is 5.93. The van der Waals surface area contributed by atoms with Crippen molar-refractivity contribution in [1.82, 2.24) is 0 Å². The zero-order chi connectivity index (χ0) is 15.4. The predicted molar refractivity (Wildman–Crippen MR) is 103 cm³/mol. The van der Waals surface area contributed by atoms with Gasteiger partial charge in [-0.1, -0.05) is 117 Å². The molecule has 0 nitrogen and oxygen atoms in total. The Morgan fingerprint density at radius 1 is 0.545 bits per heavy atom. The number of rotatable bonds is 4. The van der Waals surface area contributed by atoms with Gasteiger partial charge in [0.1, 0.15) is 7.74 Å². The average Bonchev–Trinajstić information content (AvgIpc) is 2.58. The van der Waals surface area contributed by atoms with Crippen LogP contribution in [0.2, 0.25) is 13.1 Å². The summed E-state index contributed by atoms with van der Waals surface area (Å²) in [7, 11) is -1.96. The van der Waals surface area contributed by atoms with E-state index in [1.807, 2.05) is 0 Å². The van der Waals surface area contributed by atoms with Gasteiger partial charge in [-0.2, -0.15) is 0 Å². The van der Waals surface area contributed by atoms with Crippen LogP contribution in [0.25, 0.3) is 0 Å². The molecule has 0 spiro atoms. The zero-order valence-electron chi connectivity index (χ0n) is 13.1. The van der Waals surface area contributed by atoms with Gasteiger partial charge in [0.2, 0.25) is 0 Å². The fourth-order valence-corrected chi connectivity index (χ4v) is 12.7. The van der Waals surface area contributed by atoms with E-state index in [9.17, 15) is 0 Å². The summed E-state index contributed by atoms with van der Waals surface area (Å²) in [5, 5.41) is 4.52. The van der Waals surface area contributed by atoms with Crippen LogP contribution in [0, 0.1) is 0 Å². The summed E-state index contributed by atoms with van der Waals surface area (Å²) in [5.74, 6) is 0. The van der Waals surface area contributed by atoms with Crippen molar-refractivity contribution in [3.05, 3.63) is 91.0 Å². The van der Waals surface area contributed by atoms with Crippen molar-refractivity contribution in [2.45, 2.75) is 13.1 Å². The highest BCUT2D eigenvalue weighted by Crippen LogP contribution is 2.44. The Kier molecular flexibility index (Phi) is 4.56. The third-order valence-electron chi connectivity index (χ3n) is 4.07. The van der Waals surface area contributed by atoms with Crippen LogP contribution in [-0.4, -0.2) is 7.74 Å². The standard InChI is InChI=1S/C20H21PSi/c1-22(2,20-16-10-5-11-17-20)21(18-12-6-3-7-13-18)19-14-8-4-9-15-19/h3-17H,1-2H3. The van der Waals surface area contributed by atoms with Gasteiger partial charge in [0, 0.05) is 0 Å². The van der Waals surface area contributed by atoms with Gasteiger partial charge in [-0.25, -0.2) is 0 Å². The second kappa shape index (κ2) is 6.60. The Morgan fingerprint density at radius 2 is 0.909 bits per heavy atom. The van der Waals surface area contributed by atoms with Crippen LogP contribution in [0.1, 0.15) is 0 Å². The molecule has 0 radical (unpaired) electrons. The van der Waals surface area contributed by atoms with Gasteiger partial charge in [-0.15, -0.1) is 0 Å². The van der Waals surface area contributed by atoms with Gasteiger partial charge in [0.25, 0.3) is 0 Å². The Hall–Kier alpha value is -1.69. The molecular formula is C20H21PSi. The van der Waals surface area contributed by atoms with Gasteiger partial charge >= 0.3 is 0 Å². The molecule has 0 fully saturated rings. The maximum absolute atomic E-state index is 2.51. The molecule has 3 aromatic carbocycles. The molecule has 0 saturated carbocycles. The Balaban J connectivity index is 2.14. The SMILES string of the molecule is C[Si](C)(c1ccccc1)P(c1ccccc1)c1ccccc1. The van der Waals surface area contributed by atoms with E-state index in [2.05, 4.69) is 104 Å². The molecule has 0 aliphatic carbocycles. The minimum Gasteiger partial charge on any atom is -0.0625 e. The largest absolute Gasteiger partial charge is 0.117 e. The molecule has 0 unspecified atom stereocenters. The van der Waals surface area contributed by atoms with Gasteiger partial charge < -0.3 is 0 Å². The van der Waals surface area contributed by atoms with E-state index in [1.165, 1.54) is 15.8 Å². The minimum atomic E-state index is -1.63. The van der Waals surface area contributed by atoms with E-state index in [0.717, 1.165) is 0 Å². The van der Waals surface area contributed by atoms with Crippen LogP contribution in [0.15, 0.2) is 91.0 Å². The molecule has 0 atom stereocenters. The minimum absolute atomic E-state index is 0.332. The highest BCUT2D eigenvalue weighted by Gasteiger charge is 2.35. The molecule has 2 heteroatoms. The maximum Gasteiger partial charge on any atom is 0.117 e. The van der Waals surface area contributed by atoms with Crippen molar-refractivity contribution in [2.24, 2.45) is 0 Å².